The van der Waals surface area contributed by atoms with Gasteiger partial charge in [0.2, 0.25) is 0 Å². The van der Waals surface area contributed by atoms with Crippen LogP contribution in [0.5, 0.6) is 0 Å². The van der Waals surface area contributed by atoms with Crippen LogP contribution in [0.2, 0.25) is 0 Å². The number of rotatable bonds is 6. The first-order chi connectivity index (χ1) is 13.8. The SMILES string of the molecule is O=C(NCC1CCN(CCc2ccccc2)CC1)NC1CCC2NNCC2C1. The number of nitrogens with one attached hydrogen (secondary N) is 4. The van der Waals surface area contributed by atoms with Gasteiger partial charge in [-0.1, -0.05) is 30.3 Å². The van der Waals surface area contributed by atoms with Gasteiger partial charge in [-0.3, -0.25) is 10.9 Å². The molecule has 3 atom stereocenters. The highest BCUT2D eigenvalue weighted by atomic mass is 16.2. The second-order valence-electron chi connectivity index (χ2n) is 8.78. The molecule has 0 radical (unpaired) electrons. The zero-order valence-corrected chi connectivity index (χ0v) is 16.8. The molecule has 6 nitrogen and oxygen atoms in total. The monoisotopic (exact) mass is 385 g/mol. The van der Waals surface area contributed by atoms with Gasteiger partial charge < -0.3 is 15.5 Å². The van der Waals surface area contributed by atoms with Crippen LogP contribution in [0.15, 0.2) is 30.3 Å². The molecule has 0 spiro atoms. The number of hydrogen-bond acceptors (Lipinski definition) is 4. The average molecular weight is 386 g/mol. The van der Waals surface area contributed by atoms with Crippen LogP contribution in [0, 0.1) is 11.8 Å². The largest absolute Gasteiger partial charge is 0.338 e. The van der Waals surface area contributed by atoms with Crippen LogP contribution in [-0.2, 0) is 6.42 Å². The molecule has 3 unspecified atom stereocenters. The van der Waals surface area contributed by atoms with Crippen molar-refractivity contribution in [2.45, 2.75) is 50.6 Å². The molecule has 4 rings (SSSR count). The van der Waals surface area contributed by atoms with Crippen LogP contribution in [0.4, 0.5) is 4.79 Å². The Labute approximate surface area is 168 Å². The molecule has 2 saturated heterocycles. The van der Waals surface area contributed by atoms with Crippen LogP contribution in [0.25, 0.3) is 0 Å². The molecule has 4 N–H and O–H groups in total. The lowest BCUT2D eigenvalue weighted by molar-refractivity contribution is 0.181. The van der Waals surface area contributed by atoms with E-state index in [-0.39, 0.29) is 6.03 Å². The van der Waals surface area contributed by atoms with Gasteiger partial charge in [0, 0.05) is 31.7 Å². The molecule has 1 saturated carbocycles. The normalized spacial score (nSPS) is 28.6. The first-order valence-corrected chi connectivity index (χ1v) is 11.1. The molecular formula is C22H35N5O. The molecule has 0 bridgehead atoms. The average Bonchev–Trinajstić information content (AvgIpc) is 3.20. The third-order valence-electron chi connectivity index (χ3n) is 6.79. The van der Waals surface area contributed by atoms with Crippen LogP contribution in [0.3, 0.4) is 0 Å². The van der Waals surface area contributed by atoms with Crippen molar-refractivity contribution in [2.24, 2.45) is 11.8 Å². The van der Waals surface area contributed by atoms with Gasteiger partial charge in [0.15, 0.2) is 0 Å². The van der Waals surface area contributed by atoms with Crippen molar-refractivity contribution < 1.29 is 4.79 Å². The van der Waals surface area contributed by atoms with Crippen molar-refractivity contribution in [2.75, 3.05) is 32.7 Å². The number of nitrogens with zero attached hydrogens (tertiary/aromatic N) is 1. The van der Waals surface area contributed by atoms with Crippen LogP contribution < -0.4 is 21.5 Å². The van der Waals surface area contributed by atoms with Gasteiger partial charge >= 0.3 is 6.03 Å². The number of likely N-dealkylation sites (tertiary alicyclic amines) is 1. The molecule has 2 amide bonds. The van der Waals surface area contributed by atoms with E-state index in [4.69, 9.17) is 0 Å². The molecule has 154 valence electrons. The maximum atomic E-state index is 12.3. The van der Waals surface area contributed by atoms with E-state index >= 15 is 0 Å². The maximum absolute atomic E-state index is 12.3. The molecule has 1 aliphatic carbocycles. The lowest BCUT2D eigenvalue weighted by atomic mass is 9.83. The first-order valence-electron chi connectivity index (χ1n) is 11.1. The zero-order chi connectivity index (χ0) is 19.2. The number of carbonyl (C=O) groups is 1. The van der Waals surface area contributed by atoms with Crippen molar-refractivity contribution in [3.63, 3.8) is 0 Å². The molecular weight excluding hydrogens is 350 g/mol. The molecule has 28 heavy (non-hydrogen) atoms. The third-order valence-corrected chi connectivity index (χ3v) is 6.79. The van der Waals surface area contributed by atoms with Gasteiger partial charge in [0.1, 0.15) is 0 Å². The summed E-state index contributed by atoms with van der Waals surface area (Å²) in [5.41, 5.74) is 8.00. The minimum Gasteiger partial charge on any atom is -0.338 e. The Bertz CT molecular complexity index is 617. The summed E-state index contributed by atoms with van der Waals surface area (Å²) in [4.78, 5) is 14.9. The van der Waals surface area contributed by atoms with E-state index in [0.717, 1.165) is 58.4 Å². The van der Waals surface area contributed by atoms with Gasteiger partial charge in [-0.15, -0.1) is 0 Å². The maximum Gasteiger partial charge on any atom is 0.315 e. The quantitative estimate of drug-likeness (QED) is 0.604. The van der Waals surface area contributed by atoms with E-state index < -0.39 is 0 Å². The van der Waals surface area contributed by atoms with Gasteiger partial charge in [0.25, 0.3) is 0 Å². The van der Waals surface area contributed by atoms with Crippen molar-refractivity contribution >= 4 is 6.03 Å². The summed E-state index contributed by atoms with van der Waals surface area (Å²) in [6.07, 6.45) is 6.78. The predicted molar refractivity (Wildman–Crippen MR) is 112 cm³/mol. The lowest BCUT2D eigenvalue weighted by Crippen LogP contribution is -2.48. The van der Waals surface area contributed by atoms with Gasteiger partial charge in [-0.25, -0.2) is 4.79 Å². The minimum absolute atomic E-state index is 0.0221. The van der Waals surface area contributed by atoms with Crippen molar-refractivity contribution in [1.29, 1.82) is 0 Å². The fourth-order valence-electron chi connectivity index (χ4n) is 4.95. The molecule has 1 aromatic rings. The topological polar surface area (TPSA) is 68.4 Å². The number of fused-ring (bicyclic) bond motifs is 1. The Morgan fingerprint density at radius 2 is 1.93 bits per heavy atom. The van der Waals surface area contributed by atoms with E-state index in [1.54, 1.807) is 0 Å². The van der Waals surface area contributed by atoms with E-state index in [9.17, 15) is 4.79 Å². The number of urea groups is 1. The Kier molecular flexibility index (Phi) is 6.83. The van der Waals surface area contributed by atoms with Gasteiger partial charge in [-0.05, 0) is 69.0 Å². The Morgan fingerprint density at radius 1 is 1.11 bits per heavy atom. The molecule has 3 fully saturated rings. The number of benzene rings is 1. The van der Waals surface area contributed by atoms with Crippen molar-refractivity contribution in [1.82, 2.24) is 26.4 Å². The summed E-state index contributed by atoms with van der Waals surface area (Å²) in [6.45, 7) is 5.25. The number of hydrogen-bond donors (Lipinski definition) is 4. The minimum atomic E-state index is 0.0221. The lowest BCUT2D eigenvalue weighted by Gasteiger charge is -2.33. The number of hydrazine groups is 1. The van der Waals surface area contributed by atoms with E-state index in [1.165, 1.54) is 18.4 Å². The zero-order valence-electron chi connectivity index (χ0n) is 16.8. The second-order valence-corrected chi connectivity index (χ2v) is 8.78. The standard InChI is InChI=1S/C22H35N5O/c28-22(25-20-6-7-21-19(14-20)16-24-26-21)23-15-18-9-12-27(13-10-18)11-8-17-4-2-1-3-5-17/h1-5,18-21,24,26H,6-16H2,(H2,23,25,28). The fourth-order valence-corrected chi connectivity index (χ4v) is 4.95. The van der Waals surface area contributed by atoms with Gasteiger partial charge in [-0.2, -0.15) is 0 Å². The highest BCUT2D eigenvalue weighted by molar-refractivity contribution is 5.74. The molecule has 2 aliphatic heterocycles. The molecule has 2 heterocycles. The summed E-state index contributed by atoms with van der Waals surface area (Å²) in [7, 11) is 0. The Hall–Kier alpha value is -1.63. The van der Waals surface area contributed by atoms with Crippen molar-refractivity contribution in [3.05, 3.63) is 35.9 Å². The van der Waals surface area contributed by atoms with Gasteiger partial charge in [0.05, 0.1) is 0 Å². The summed E-state index contributed by atoms with van der Waals surface area (Å²) in [5.74, 6) is 1.26. The fraction of sp³-hybridized carbons (Fsp3) is 0.682. The van der Waals surface area contributed by atoms with Crippen LogP contribution >= 0.6 is 0 Å². The highest BCUT2D eigenvalue weighted by Crippen LogP contribution is 2.26. The number of amides is 2. The molecule has 1 aromatic carbocycles. The highest BCUT2D eigenvalue weighted by Gasteiger charge is 2.34. The second kappa shape index (κ2) is 9.72. The number of carbonyl (C=O) groups excluding carboxylic acids is 1. The molecule has 3 aliphatic rings. The summed E-state index contributed by atoms with van der Waals surface area (Å²) in [6, 6.07) is 11.7. The predicted octanol–water partition coefficient (Wildman–Crippen LogP) is 1.89. The summed E-state index contributed by atoms with van der Waals surface area (Å²) < 4.78 is 0. The summed E-state index contributed by atoms with van der Waals surface area (Å²) in [5, 5.41) is 6.33. The number of piperidine rings is 1. The van der Waals surface area contributed by atoms with Crippen LogP contribution in [0.1, 0.15) is 37.7 Å². The van der Waals surface area contributed by atoms with Crippen LogP contribution in [-0.4, -0.2) is 55.7 Å². The third kappa shape index (κ3) is 5.46. The molecule has 6 heteroatoms. The Balaban J connectivity index is 1.09. The Morgan fingerprint density at radius 3 is 2.75 bits per heavy atom. The van der Waals surface area contributed by atoms with E-state index in [0.29, 0.717) is 23.9 Å². The van der Waals surface area contributed by atoms with Crippen molar-refractivity contribution in [3.8, 4) is 0 Å². The van der Waals surface area contributed by atoms with E-state index in [1.807, 2.05) is 0 Å². The summed E-state index contributed by atoms with van der Waals surface area (Å²) >= 11 is 0. The first kappa shape index (κ1) is 19.7. The smallest absolute Gasteiger partial charge is 0.315 e. The molecule has 0 aromatic heterocycles. The van der Waals surface area contributed by atoms with E-state index in [2.05, 4.69) is 56.7 Å².